The highest BCUT2D eigenvalue weighted by Gasteiger charge is 2.43. The Balaban J connectivity index is 1.90. The molecule has 1 saturated carbocycles. The number of hydrogen-bond acceptors (Lipinski definition) is 2. The monoisotopic (exact) mass is 293 g/mol. The highest BCUT2D eigenvalue weighted by molar-refractivity contribution is 4.88. The average Bonchev–Trinajstić information content (AvgIpc) is 2.45. The van der Waals surface area contributed by atoms with Crippen LogP contribution >= 0.6 is 0 Å². The van der Waals surface area contributed by atoms with Gasteiger partial charge in [0.05, 0.1) is 12.5 Å². The van der Waals surface area contributed by atoms with Gasteiger partial charge in [-0.3, -0.25) is 0 Å². The maximum Gasteiger partial charge on any atom is 0.391 e. The molecule has 0 spiro atoms. The van der Waals surface area contributed by atoms with Crippen molar-refractivity contribution in [3.63, 3.8) is 0 Å². The SMILES string of the molecule is CCNC(C1CCC(C(F)(F)F)CC1)C1CCCOC1. The fourth-order valence-corrected chi connectivity index (χ4v) is 3.81. The van der Waals surface area contributed by atoms with E-state index in [1.54, 1.807) is 0 Å². The smallest absolute Gasteiger partial charge is 0.381 e. The van der Waals surface area contributed by atoms with E-state index in [-0.39, 0.29) is 0 Å². The van der Waals surface area contributed by atoms with Gasteiger partial charge in [-0.05, 0) is 56.9 Å². The summed E-state index contributed by atoms with van der Waals surface area (Å²) >= 11 is 0. The van der Waals surface area contributed by atoms with Gasteiger partial charge < -0.3 is 10.1 Å². The Morgan fingerprint density at radius 2 is 1.80 bits per heavy atom. The second kappa shape index (κ2) is 7.12. The van der Waals surface area contributed by atoms with Gasteiger partial charge in [-0.15, -0.1) is 0 Å². The molecule has 0 radical (unpaired) electrons. The lowest BCUT2D eigenvalue weighted by molar-refractivity contribution is -0.184. The van der Waals surface area contributed by atoms with Gasteiger partial charge in [0.1, 0.15) is 0 Å². The van der Waals surface area contributed by atoms with Gasteiger partial charge in [0.2, 0.25) is 0 Å². The summed E-state index contributed by atoms with van der Waals surface area (Å²) in [4.78, 5) is 0. The summed E-state index contributed by atoms with van der Waals surface area (Å²) in [6.07, 6.45) is 0.178. The molecule has 2 atom stereocenters. The van der Waals surface area contributed by atoms with Gasteiger partial charge in [-0.25, -0.2) is 0 Å². The summed E-state index contributed by atoms with van der Waals surface area (Å²) in [6.45, 7) is 4.53. The lowest BCUT2D eigenvalue weighted by Crippen LogP contribution is -2.47. The van der Waals surface area contributed by atoms with Crippen LogP contribution in [0.15, 0.2) is 0 Å². The third-order valence-electron chi connectivity index (χ3n) is 4.89. The van der Waals surface area contributed by atoms with Gasteiger partial charge in [0.15, 0.2) is 0 Å². The van der Waals surface area contributed by atoms with E-state index in [2.05, 4.69) is 12.2 Å². The first-order valence-electron chi connectivity index (χ1n) is 7.90. The van der Waals surface area contributed by atoms with E-state index >= 15 is 0 Å². The first-order valence-corrected chi connectivity index (χ1v) is 7.90. The lowest BCUT2D eigenvalue weighted by atomic mass is 9.74. The summed E-state index contributed by atoms with van der Waals surface area (Å²) in [7, 11) is 0. The number of alkyl halides is 3. The van der Waals surface area contributed by atoms with E-state index < -0.39 is 12.1 Å². The highest BCUT2D eigenvalue weighted by atomic mass is 19.4. The molecule has 0 aromatic rings. The van der Waals surface area contributed by atoms with E-state index in [1.165, 1.54) is 0 Å². The summed E-state index contributed by atoms with van der Waals surface area (Å²) < 4.78 is 43.8. The molecule has 2 aliphatic rings. The standard InChI is InChI=1S/C15H26F3NO/c1-2-19-14(12-4-3-9-20-10-12)11-5-7-13(8-6-11)15(16,17)18/h11-14,19H,2-10H2,1H3. The second-order valence-electron chi connectivity index (χ2n) is 6.21. The molecule has 1 saturated heterocycles. The summed E-state index contributed by atoms with van der Waals surface area (Å²) in [5.74, 6) is -0.236. The molecule has 0 aromatic carbocycles. The van der Waals surface area contributed by atoms with Crippen molar-refractivity contribution in [1.29, 1.82) is 0 Å². The van der Waals surface area contributed by atoms with Crippen LogP contribution < -0.4 is 5.32 Å². The van der Waals surface area contributed by atoms with Crippen molar-refractivity contribution in [2.75, 3.05) is 19.8 Å². The van der Waals surface area contributed by atoms with Crippen LogP contribution in [-0.2, 0) is 4.74 Å². The van der Waals surface area contributed by atoms with E-state index in [4.69, 9.17) is 4.74 Å². The maximum absolute atomic E-state index is 12.7. The summed E-state index contributed by atoms with van der Waals surface area (Å²) in [5, 5.41) is 3.51. The van der Waals surface area contributed by atoms with Gasteiger partial charge >= 0.3 is 6.18 Å². The van der Waals surface area contributed by atoms with Gasteiger partial charge in [-0.2, -0.15) is 13.2 Å². The number of nitrogens with one attached hydrogen (secondary N) is 1. The van der Waals surface area contributed by atoms with Crippen LogP contribution in [-0.4, -0.2) is 32.0 Å². The Labute approximate surface area is 119 Å². The summed E-state index contributed by atoms with van der Waals surface area (Å²) in [6, 6.07) is 0.328. The van der Waals surface area contributed by atoms with Crippen molar-refractivity contribution in [1.82, 2.24) is 5.32 Å². The van der Waals surface area contributed by atoms with Gasteiger partial charge in [0.25, 0.3) is 0 Å². The van der Waals surface area contributed by atoms with Crippen molar-refractivity contribution in [2.24, 2.45) is 17.8 Å². The molecule has 1 aliphatic heterocycles. The third kappa shape index (κ3) is 4.10. The minimum absolute atomic E-state index is 0.295. The summed E-state index contributed by atoms with van der Waals surface area (Å²) in [5.41, 5.74) is 0. The predicted molar refractivity (Wildman–Crippen MR) is 72.5 cm³/mol. The molecule has 20 heavy (non-hydrogen) atoms. The molecule has 2 fully saturated rings. The molecular formula is C15H26F3NO. The molecule has 1 heterocycles. The normalized spacial score (nSPS) is 33.9. The Bertz CT molecular complexity index is 281. The van der Waals surface area contributed by atoms with E-state index in [0.717, 1.165) is 32.6 Å². The molecule has 0 bridgehead atoms. The van der Waals surface area contributed by atoms with Crippen LogP contribution in [0.25, 0.3) is 0 Å². The predicted octanol–water partition coefficient (Wildman–Crippen LogP) is 3.76. The van der Waals surface area contributed by atoms with Gasteiger partial charge in [-0.1, -0.05) is 6.92 Å². The zero-order valence-electron chi connectivity index (χ0n) is 12.2. The third-order valence-corrected chi connectivity index (χ3v) is 4.89. The zero-order valence-corrected chi connectivity index (χ0v) is 12.2. The Kier molecular flexibility index (Phi) is 5.73. The fraction of sp³-hybridized carbons (Fsp3) is 1.00. The molecule has 2 unspecified atom stereocenters. The Hall–Kier alpha value is -0.290. The molecule has 1 aliphatic carbocycles. The average molecular weight is 293 g/mol. The van der Waals surface area contributed by atoms with Crippen molar-refractivity contribution < 1.29 is 17.9 Å². The Morgan fingerprint density at radius 3 is 2.30 bits per heavy atom. The van der Waals surface area contributed by atoms with Crippen LogP contribution in [0.1, 0.15) is 45.4 Å². The van der Waals surface area contributed by atoms with E-state index in [9.17, 15) is 13.2 Å². The van der Waals surface area contributed by atoms with Crippen molar-refractivity contribution >= 4 is 0 Å². The molecule has 2 rings (SSSR count). The quantitative estimate of drug-likeness (QED) is 0.852. The van der Waals surface area contributed by atoms with Crippen molar-refractivity contribution in [3.8, 4) is 0 Å². The fourth-order valence-electron chi connectivity index (χ4n) is 3.81. The first kappa shape index (κ1) is 16.1. The molecular weight excluding hydrogens is 267 g/mol. The minimum atomic E-state index is -4.01. The molecule has 1 N–H and O–H groups in total. The van der Waals surface area contributed by atoms with Crippen LogP contribution in [0.2, 0.25) is 0 Å². The number of rotatable bonds is 4. The van der Waals surface area contributed by atoms with Crippen molar-refractivity contribution in [3.05, 3.63) is 0 Å². The second-order valence-corrected chi connectivity index (χ2v) is 6.21. The number of ether oxygens (including phenoxy) is 1. The van der Waals surface area contributed by atoms with Crippen LogP contribution in [0.3, 0.4) is 0 Å². The molecule has 0 aromatic heterocycles. The number of halogens is 3. The zero-order chi connectivity index (χ0) is 14.6. The molecule has 118 valence electrons. The van der Waals surface area contributed by atoms with Gasteiger partial charge in [0, 0.05) is 12.6 Å². The first-order chi connectivity index (χ1) is 9.52. The minimum Gasteiger partial charge on any atom is -0.381 e. The van der Waals surface area contributed by atoms with Crippen LogP contribution in [0.4, 0.5) is 13.2 Å². The highest BCUT2D eigenvalue weighted by Crippen LogP contribution is 2.41. The van der Waals surface area contributed by atoms with Crippen LogP contribution in [0, 0.1) is 17.8 Å². The lowest BCUT2D eigenvalue weighted by Gasteiger charge is -2.40. The molecule has 5 heteroatoms. The van der Waals surface area contributed by atoms with Crippen molar-refractivity contribution in [2.45, 2.75) is 57.7 Å². The maximum atomic E-state index is 12.7. The topological polar surface area (TPSA) is 21.3 Å². The largest absolute Gasteiger partial charge is 0.391 e. The van der Waals surface area contributed by atoms with E-state index in [1.807, 2.05) is 0 Å². The molecule has 0 amide bonds. The molecule has 2 nitrogen and oxygen atoms in total. The van der Waals surface area contributed by atoms with Crippen LogP contribution in [0.5, 0.6) is 0 Å². The Morgan fingerprint density at radius 1 is 1.10 bits per heavy atom. The van der Waals surface area contributed by atoms with E-state index in [0.29, 0.717) is 43.6 Å². The number of hydrogen-bond donors (Lipinski definition) is 1.